The third-order valence-corrected chi connectivity index (χ3v) is 4.51. The summed E-state index contributed by atoms with van der Waals surface area (Å²) in [6.07, 6.45) is 0. The first-order valence-corrected chi connectivity index (χ1v) is 7.94. The molecule has 0 spiro atoms. The topological polar surface area (TPSA) is 65.5 Å². The van der Waals surface area contributed by atoms with E-state index < -0.39 is 0 Å². The Labute approximate surface area is 148 Å². The summed E-state index contributed by atoms with van der Waals surface area (Å²) < 4.78 is 1.74. The van der Waals surface area contributed by atoms with Crippen LogP contribution in [0.15, 0.2) is 60.7 Å². The summed E-state index contributed by atoms with van der Waals surface area (Å²) in [6.45, 7) is 0. The summed E-state index contributed by atoms with van der Waals surface area (Å²) >= 11 is 6.27. The minimum Gasteiger partial charge on any atom is -0.508 e. The molecule has 0 atom stereocenters. The van der Waals surface area contributed by atoms with E-state index in [1.165, 1.54) is 12.1 Å². The molecule has 0 amide bonds. The van der Waals surface area contributed by atoms with Crippen molar-refractivity contribution < 1.29 is 9.90 Å². The summed E-state index contributed by atoms with van der Waals surface area (Å²) in [6, 6.07) is 18.9. The fourth-order valence-electron chi connectivity index (χ4n) is 3.05. The van der Waals surface area contributed by atoms with E-state index in [-0.39, 0.29) is 11.5 Å². The number of ketones is 1. The fraction of sp³-hybridized carbons (Fsp3) is 0. The molecule has 4 nitrogen and oxygen atoms in total. The predicted molar refractivity (Wildman–Crippen MR) is 96.2 cm³/mol. The van der Waals surface area contributed by atoms with Gasteiger partial charge in [0.1, 0.15) is 11.8 Å². The number of carbonyl (C=O) groups excluding carboxylic acids is 1. The van der Waals surface area contributed by atoms with E-state index in [4.69, 9.17) is 11.6 Å². The Bertz CT molecular complexity index is 1200. The van der Waals surface area contributed by atoms with Crippen molar-refractivity contribution in [2.24, 2.45) is 0 Å². The first-order valence-electron chi connectivity index (χ1n) is 7.56. The number of nitriles is 1. The van der Waals surface area contributed by atoms with Crippen LogP contribution in [0.25, 0.3) is 16.4 Å². The van der Waals surface area contributed by atoms with Gasteiger partial charge in [-0.1, -0.05) is 29.8 Å². The maximum atomic E-state index is 13.0. The molecule has 0 saturated carbocycles. The standard InChI is InChI=1S/C20H11ClN2O2/c21-16-5-2-6-18-15(16)7-8-17-13(11-22)10-19(23(17)18)20(25)12-3-1-4-14(24)9-12/h1-10,24H. The highest BCUT2D eigenvalue weighted by molar-refractivity contribution is 6.35. The number of hydrogen-bond donors (Lipinski definition) is 1. The SMILES string of the molecule is N#Cc1cc(C(=O)c2cccc(O)c2)n2c1ccc1c(Cl)cccc12. The number of carbonyl (C=O) groups is 1. The molecule has 0 aliphatic carbocycles. The zero-order chi connectivity index (χ0) is 17.6. The molecule has 0 fully saturated rings. The highest BCUT2D eigenvalue weighted by Gasteiger charge is 2.19. The maximum Gasteiger partial charge on any atom is 0.209 e. The van der Waals surface area contributed by atoms with E-state index in [9.17, 15) is 15.2 Å². The second kappa shape index (κ2) is 5.66. The number of phenolic OH excluding ortho intramolecular Hbond substituents is 1. The zero-order valence-electron chi connectivity index (χ0n) is 12.9. The smallest absolute Gasteiger partial charge is 0.209 e. The van der Waals surface area contributed by atoms with Gasteiger partial charge in [-0.2, -0.15) is 5.26 Å². The highest BCUT2D eigenvalue weighted by atomic mass is 35.5. The van der Waals surface area contributed by atoms with E-state index in [0.29, 0.717) is 27.4 Å². The molecule has 2 aromatic carbocycles. The number of aromatic nitrogens is 1. The monoisotopic (exact) mass is 346 g/mol. The van der Waals surface area contributed by atoms with Gasteiger partial charge in [0, 0.05) is 16.0 Å². The van der Waals surface area contributed by atoms with Crippen molar-refractivity contribution in [2.45, 2.75) is 0 Å². The lowest BCUT2D eigenvalue weighted by molar-refractivity contribution is 0.103. The van der Waals surface area contributed by atoms with Crippen molar-refractivity contribution in [3.63, 3.8) is 0 Å². The molecule has 5 heteroatoms. The lowest BCUT2D eigenvalue weighted by Crippen LogP contribution is -2.05. The summed E-state index contributed by atoms with van der Waals surface area (Å²) in [5, 5.41) is 20.4. The Morgan fingerprint density at radius 2 is 1.84 bits per heavy atom. The van der Waals surface area contributed by atoms with Gasteiger partial charge in [-0.05, 0) is 42.5 Å². The quantitative estimate of drug-likeness (QED) is 0.541. The molecule has 120 valence electrons. The first-order chi connectivity index (χ1) is 12.1. The van der Waals surface area contributed by atoms with Crippen LogP contribution in [-0.2, 0) is 0 Å². The molecule has 0 aliphatic heterocycles. The van der Waals surface area contributed by atoms with Crippen molar-refractivity contribution in [1.82, 2.24) is 4.40 Å². The second-order valence-corrected chi connectivity index (χ2v) is 6.07. The Hall–Kier alpha value is -3.29. The van der Waals surface area contributed by atoms with E-state index in [1.54, 1.807) is 40.8 Å². The van der Waals surface area contributed by atoms with Crippen LogP contribution in [0.5, 0.6) is 5.75 Å². The van der Waals surface area contributed by atoms with Crippen molar-refractivity contribution in [3.05, 3.63) is 82.5 Å². The van der Waals surface area contributed by atoms with Gasteiger partial charge in [0.25, 0.3) is 0 Å². The van der Waals surface area contributed by atoms with Gasteiger partial charge in [-0.3, -0.25) is 4.79 Å². The van der Waals surface area contributed by atoms with Gasteiger partial charge in [0.2, 0.25) is 5.78 Å². The molecular formula is C20H11ClN2O2. The Morgan fingerprint density at radius 3 is 2.60 bits per heavy atom. The minimum absolute atomic E-state index is 0.0140. The fourth-order valence-corrected chi connectivity index (χ4v) is 3.28. The number of benzene rings is 2. The summed E-state index contributed by atoms with van der Waals surface area (Å²) in [5.74, 6) is -0.264. The number of hydrogen-bond acceptors (Lipinski definition) is 3. The number of nitrogens with zero attached hydrogens (tertiary/aromatic N) is 2. The number of aromatic hydroxyl groups is 1. The molecule has 1 N–H and O–H groups in total. The molecule has 4 rings (SSSR count). The first kappa shape index (κ1) is 15.3. The third-order valence-electron chi connectivity index (χ3n) is 4.18. The van der Waals surface area contributed by atoms with Gasteiger partial charge in [-0.25, -0.2) is 0 Å². The van der Waals surface area contributed by atoms with Gasteiger partial charge < -0.3 is 9.51 Å². The van der Waals surface area contributed by atoms with Crippen LogP contribution in [0.4, 0.5) is 0 Å². The van der Waals surface area contributed by atoms with Gasteiger partial charge in [0.15, 0.2) is 0 Å². The lowest BCUT2D eigenvalue weighted by Gasteiger charge is -2.08. The van der Waals surface area contributed by atoms with E-state index >= 15 is 0 Å². The number of phenols is 1. The number of fused-ring (bicyclic) bond motifs is 3. The van der Waals surface area contributed by atoms with Crippen LogP contribution in [0.2, 0.25) is 5.02 Å². The molecule has 2 heterocycles. The Kier molecular flexibility index (Phi) is 3.45. The Balaban J connectivity index is 2.08. The average molecular weight is 347 g/mol. The lowest BCUT2D eigenvalue weighted by atomic mass is 10.1. The van der Waals surface area contributed by atoms with Crippen LogP contribution in [0.1, 0.15) is 21.6 Å². The van der Waals surface area contributed by atoms with Crippen LogP contribution >= 0.6 is 11.6 Å². The summed E-state index contributed by atoms with van der Waals surface area (Å²) in [7, 11) is 0. The molecule has 0 aliphatic rings. The van der Waals surface area contributed by atoms with Crippen LogP contribution in [0, 0.1) is 11.3 Å². The maximum absolute atomic E-state index is 13.0. The van der Waals surface area contributed by atoms with E-state index in [2.05, 4.69) is 6.07 Å². The van der Waals surface area contributed by atoms with Crippen molar-refractivity contribution in [2.75, 3.05) is 0 Å². The average Bonchev–Trinajstić information content (AvgIpc) is 3.00. The zero-order valence-corrected chi connectivity index (χ0v) is 13.7. The van der Waals surface area contributed by atoms with Gasteiger partial charge in [-0.15, -0.1) is 0 Å². The third kappa shape index (κ3) is 2.34. The normalized spacial score (nSPS) is 10.9. The largest absolute Gasteiger partial charge is 0.508 e. The molecular weight excluding hydrogens is 336 g/mol. The molecule has 2 aromatic heterocycles. The summed E-state index contributed by atoms with van der Waals surface area (Å²) in [5.41, 5.74) is 2.49. The molecule has 4 aromatic rings. The number of pyridine rings is 1. The molecule has 25 heavy (non-hydrogen) atoms. The molecule has 0 unspecified atom stereocenters. The second-order valence-electron chi connectivity index (χ2n) is 5.66. The minimum atomic E-state index is -0.278. The molecule has 0 bridgehead atoms. The summed E-state index contributed by atoms with van der Waals surface area (Å²) in [4.78, 5) is 13.0. The predicted octanol–water partition coefficient (Wildman–Crippen LogP) is 4.55. The van der Waals surface area contributed by atoms with Gasteiger partial charge in [0.05, 0.1) is 22.3 Å². The van der Waals surface area contributed by atoms with Crippen molar-refractivity contribution >= 4 is 33.8 Å². The van der Waals surface area contributed by atoms with Crippen LogP contribution in [-0.4, -0.2) is 15.3 Å². The Morgan fingerprint density at radius 1 is 1.04 bits per heavy atom. The highest BCUT2D eigenvalue weighted by Crippen LogP contribution is 2.29. The van der Waals surface area contributed by atoms with E-state index in [1.807, 2.05) is 12.1 Å². The number of halogens is 1. The van der Waals surface area contributed by atoms with Crippen molar-refractivity contribution in [1.29, 1.82) is 5.26 Å². The van der Waals surface area contributed by atoms with E-state index in [0.717, 1.165) is 10.9 Å². The van der Waals surface area contributed by atoms with Gasteiger partial charge >= 0.3 is 0 Å². The van der Waals surface area contributed by atoms with Crippen molar-refractivity contribution in [3.8, 4) is 11.8 Å². The molecule has 0 saturated heterocycles. The molecule has 0 radical (unpaired) electrons. The number of rotatable bonds is 2. The van der Waals surface area contributed by atoms with Crippen LogP contribution < -0.4 is 0 Å². The van der Waals surface area contributed by atoms with Crippen LogP contribution in [0.3, 0.4) is 0 Å².